The lowest BCUT2D eigenvalue weighted by Gasteiger charge is -2.24. The molecule has 0 spiro atoms. The minimum Gasteiger partial charge on any atom is -0.299 e. The number of hydrogen-bond donors (Lipinski definition) is 0. The highest BCUT2D eigenvalue weighted by atomic mass is 15.1. The molecule has 2 rings (SSSR count). The first-order valence-electron chi connectivity index (χ1n) is 7.19. The lowest BCUT2D eigenvalue weighted by Crippen LogP contribution is -2.30. The van der Waals surface area contributed by atoms with E-state index in [0.717, 1.165) is 18.7 Å². The summed E-state index contributed by atoms with van der Waals surface area (Å²) in [5, 5.41) is 8.95. The predicted octanol–water partition coefficient (Wildman–Crippen LogP) is 3.32. The van der Waals surface area contributed by atoms with Crippen molar-refractivity contribution in [2.24, 2.45) is 0 Å². The maximum atomic E-state index is 8.95. The molecule has 0 N–H and O–H groups in total. The van der Waals surface area contributed by atoms with Crippen LogP contribution < -0.4 is 0 Å². The molecule has 0 aliphatic rings. The van der Waals surface area contributed by atoms with Crippen LogP contribution in [0, 0.1) is 18.3 Å². The van der Waals surface area contributed by atoms with E-state index in [4.69, 9.17) is 5.26 Å². The van der Waals surface area contributed by atoms with E-state index in [1.165, 1.54) is 11.1 Å². The number of likely N-dealkylation sites (N-methyl/N-ethyl adjacent to an activating group) is 1. The molecule has 3 heteroatoms. The normalized spacial score (nSPS) is 12.1. The third-order valence-corrected chi connectivity index (χ3v) is 3.72. The van der Waals surface area contributed by atoms with Gasteiger partial charge < -0.3 is 0 Å². The number of rotatable bonds is 5. The van der Waals surface area contributed by atoms with Gasteiger partial charge in [0.05, 0.1) is 11.6 Å². The second-order valence-corrected chi connectivity index (χ2v) is 5.60. The number of aryl methyl sites for hydroxylation is 1. The standard InChI is InChI=1S/C18H21N3/c1-14-7-8-20-18(9-14)10-15(2)21(3)13-17-6-4-5-16(11-17)12-19/h4-9,11,15H,10,13H2,1-3H3/t15-/m1/s1. The number of nitrogens with zero attached hydrogens (tertiary/aromatic N) is 3. The first kappa shape index (κ1) is 15.2. The van der Waals surface area contributed by atoms with E-state index < -0.39 is 0 Å². The van der Waals surface area contributed by atoms with Gasteiger partial charge in [0.1, 0.15) is 0 Å². The molecule has 108 valence electrons. The summed E-state index contributed by atoms with van der Waals surface area (Å²) in [6.45, 7) is 5.13. The summed E-state index contributed by atoms with van der Waals surface area (Å²) >= 11 is 0. The van der Waals surface area contributed by atoms with Crippen LogP contribution in [0.15, 0.2) is 42.6 Å². The minimum absolute atomic E-state index is 0.394. The van der Waals surface area contributed by atoms with Crippen molar-refractivity contribution in [3.63, 3.8) is 0 Å². The zero-order chi connectivity index (χ0) is 15.2. The highest BCUT2D eigenvalue weighted by molar-refractivity contribution is 5.32. The summed E-state index contributed by atoms with van der Waals surface area (Å²) in [5.41, 5.74) is 4.26. The van der Waals surface area contributed by atoms with Gasteiger partial charge in [-0.1, -0.05) is 12.1 Å². The Morgan fingerprint density at radius 1 is 1.29 bits per heavy atom. The van der Waals surface area contributed by atoms with Crippen molar-refractivity contribution in [1.82, 2.24) is 9.88 Å². The number of pyridine rings is 1. The van der Waals surface area contributed by atoms with E-state index >= 15 is 0 Å². The van der Waals surface area contributed by atoms with Crippen LogP contribution in [0.3, 0.4) is 0 Å². The average Bonchev–Trinajstić information content (AvgIpc) is 2.47. The molecule has 1 aromatic heterocycles. The first-order chi connectivity index (χ1) is 10.1. The van der Waals surface area contributed by atoms with Crippen LogP contribution in [-0.2, 0) is 13.0 Å². The smallest absolute Gasteiger partial charge is 0.0991 e. The van der Waals surface area contributed by atoms with E-state index in [9.17, 15) is 0 Å². The molecule has 0 aliphatic heterocycles. The van der Waals surface area contributed by atoms with Crippen molar-refractivity contribution < 1.29 is 0 Å². The van der Waals surface area contributed by atoms with Crippen molar-refractivity contribution in [2.45, 2.75) is 32.9 Å². The molecule has 0 saturated carbocycles. The fourth-order valence-electron chi connectivity index (χ4n) is 2.35. The zero-order valence-corrected chi connectivity index (χ0v) is 12.9. The van der Waals surface area contributed by atoms with Crippen LogP contribution in [0.1, 0.15) is 29.3 Å². The van der Waals surface area contributed by atoms with Gasteiger partial charge in [0.15, 0.2) is 0 Å². The molecule has 21 heavy (non-hydrogen) atoms. The molecule has 1 heterocycles. The fraction of sp³-hybridized carbons (Fsp3) is 0.333. The Morgan fingerprint density at radius 3 is 2.81 bits per heavy atom. The Labute approximate surface area is 126 Å². The summed E-state index contributed by atoms with van der Waals surface area (Å²) in [7, 11) is 2.11. The molecule has 0 radical (unpaired) electrons. The molecule has 0 saturated heterocycles. The Hall–Kier alpha value is -2.18. The third-order valence-electron chi connectivity index (χ3n) is 3.72. The number of nitriles is 1. The van der Waals surface area contributed by atoms with Gasteiger partial charge in [-0.2, -0.15) is 5.26 Å². The van der Waals surface area contributed by atoms with Gasteiger partial charge >= 0.3 is 0 Å². The molecule has 0 aliphatic carbocycles. The SMILES string of the molecule is Cc1ccnc(C[C@@H](C)N(C)Cc2cccc(C#N)c2)c1. The molecule has 0 amide bonds. The van der Waals surface area contributed by atoms with Crippen molar-refractivity contribution in [3.8, 4) is 6.07 Å². The lowest BCUT2D eigenvalue weighted by molar-refractivity contribution is 0.247. The first-order valence-corrected chi connectivity index (χ1v) is 7.19. The molecule has 2 aromatic rings. The molecular formula is C18H21N3. The van der Waals surface area contributed by atoms with E-state index in [1.54, 1.807) is 0 Å². The molecule has 3 nitrogen and oxygen atoms in total. The third kappa shape index (κ3) is 4.40. The molecule has 1 aromatic carbocycles. The van der Waals surface area contributed by atoms with Crippen LogP contribution >= 0.6 is 0 Å². The van der Waals surface area contributed by atoms with Gasteiger partial charge in [-0.05, 0) is 56.3 Å². The second-order valence-electron chi connectivity index (χ2n) is 5.60. The van der Waals surface area contributed by atoms with Crippen LogP contribution in [0.2, 0.25) is 0 Å². The van der Waals surface area contributed by atoms with Crippen LogP contribution in [0.4, 0.5) is 0 Å². The lowest BCUT2D eigenvalue weighted by atomic mass is 10.1. The Morgan fingerprint density at radius 2 is 2.10 bits per heavy atom. The summed E-state index contributed by atoms with van der Waals surface area (Å²) in [5.74, 6) is 0. The van der Waals surface area contributed by atoms with Crippen molar-refractivity contribution in [2.75, 3.05) is 7.05 Å². The molecule has 1 atom stereocenters. The Bertz CT molecular complexity index is 643. The highest BCUT2D eigenvalue weighted by Gasteiger charge is 2.11. The maximum Gasteiger partial charge on any atom is 0.0991 e. The van der Waals surface area contributed by atoms with Gasteiger partial charge in [-0.25, -0.2) is 0 Å². The predicted molar refractivity (Wildman–Crippen MR) is 84.8 cm³/mol. The molecule has 0 unspecified atom stereocenters. The summed E-state index contributed by atoms with van der Waals surface area (Å²) in [6, 6.07) is 14.5. The van der Waals surface area contributed by atoms with Gasteiger partial charge in [0.25, 0.3) is 0 Å². The molecule has 0 bridgehead atoms. The van der Waals surface area contributed by atoms with Crippen LogP contribution in [0.25, 0.3) is 0 Å². The summed E-state index contributed by atoms with van der Waals surface area (Å²) in [6.07, 6.45) is 2.80. The molecular weight excluding hydrogens is 258 g/mol. The average molecular weight is 279 g/mol. The summed E-state index contributed by atoms with van der Waals surface area (Å²) in [4.78, 5) is 6.72. The fourth-order valence-corrected chi connectivity index (χ4v) is 2.35. The Kier molecular flexibility index (Phi) is 5.08. The maximum absolute atomic E-state index is 8.95. The quantitative estimate of drug-likeness (QED) is 0.843. The highest BCUT2D eigenvalue weighted by Crippen LogP contribution is 2.12. The van der Waals surface area contributed by atoms with Crippen molar-refractivity contribution >= 4 is 0 Å². The van der Waals surface area contributed by atoms with Gasteiger partial charge in [0.2, 0.25) is 0 Å². The van der Waals surface area contributed by atoms with Crippen molar-refractivity contribution in [3.05, 3.63) is 65.0 Å². The van der Waals surface area contributed by atoms with Gasteiger partial charge in [0, 0.05) is 30.9 Å². The number of hydrogen-bond acceptors (Lipinski definition) is 3. The topological polar surface area (TPSA) is 39.9 Å². The van der Waals surface area contributed by atoms with Crippen molar-refractivity contribution in [1.29, 1.82) is 5.26 Å². The summed E-state index contributed by atoms with van der Waals surface area (Å²) < 4.78 is 0. The minimum atomic E-state index is 0.394. The zero-order valence-electron chi connectivity index (χ0n) is 12.9. The molecule has 0 fully saturated rings. The van der Waals surface area contributed by atoms with Crippen LogP contribution in [0.5, 0.6) is 0 Å². The van der Waals surface area contributed by atoms with E-state index in [0.29, 0.717) is 11.6 Å². The van der Waals surface area contributed by atoms with Gasteiger partial charge in [-0.3, -0.25) is 9.88 Å². The van der Waals surface area contributed by atoms with Gasteiger partial charge in [-0.15, -0.1) is 0 Å². The van der Waals surface area contributed by atoms with E-state index in [1.807, 2.05) is 30.5 Å². The van der Waals surface area contributed by atoms with E-state index in [2.05, 4.69) is 49.0 Å². The number of benzene rings is 1. The van der Waals surface area contributed by atoms with E-state index in [-0.39, 0.29) is 0 Å². The number of aromatic nitrogens is 1. The monoisotopic (exact) mass is 279 g/mol. The Balaban J connectivity index is 1.99. The second kappa shape index (κ2) is 7.01. The largest absolute Gasteiger partial charge is 0.299 e. The van der Waals surface area contributed by atoms with Crippen LogP contribution in [-0.4, -0.2) is 23.0 Å².